The molecule has 1 unspecified atom stereocenters. The molecule has 1 aliphatic rings. The molecule has 1 atom stereocenters. The van der Waals surface area contributed by atoms with Crippen LogP contribution in [0.1, 0.15) is 33.6 Å². The van der Waals surface area contributed by atoms with Gasteiger partial charge in [-0.25, -0.2) is 0 Å². The summed E-state index contributed by atoms with van der Waals surface area (Å²) in [5, 5.41) is 6.21. The van der Waals surface area contributed by atoms with Crippen LogP contribution in [0.3, 0.4) is 0 Å². The summed E-state index contributed by atoms with van der Waals surface area (Å²) in [4.78, 5) is 23.0. The van der Waals surface area contributed by atoms with Crippen molar-refractivity contribution < 1.29 is 9.59 Å². The van der Waals surface area contributed by atoms with Gasteiger partial charge in [0.2, 0.25) is 5.91 Å². The van der Waals surface area contributed by atoms with Crippen molar-refractivity contribution in [3.05, 3.63) is 35.4 Å². The molecule has 4 N–H and O–H groups in total. The predicted octanol–water partition coefficient (Wildman–Crippen LogP) is 0.515. The molecule has 0 radical (unpaired) electrons. The Bertz CT molecular complexity index is 468. The summed E-state index contributed by atoms with van der Waals surface area (Å²) in [5.41, 5.74) is 6.02. The molecule has 1 fully saturated rings. The Morgan fingerprint density at radius 3 is 2.84 bits per heavy atom. The van der Waals surface area contributed by atoms with E-state index in [1.54, 1.807) is 18.2 Å². The Balaban J connectivity index is 1.92. The summed E-state index contributed by atoms with van der Waals surface area (Å²) < 4.78 is 0. The highest BCUT2D eigenvalue weighted by Crippen LogP contribution is 2.09. The molecule has 0 spiro atoms. The molecule has 1 aromatic rings. The molecule has 1 saturated heterocycles. The third-order valence-corrected chi connectivity index (χ3v) is 3.36. The van der Waals surface area contributed by atoms with Crippen LogP contribution in [0.4, 0.5) is 0 Å². The van der Waals surface area contributed by atoms with Crippen molar-refractivity contribution in [2.75, 3.05) is 19.6 Å². The Morgan fingerprint density at radius 1 is 1.37 bits per heavy atom. The summed E-state index contributed by atoms with van der Waals surface area (Å²) in [6, 6.07) is 6.47. The van der Waals surface area contributed by atoms with Crippen LogP contribution in [0.15, 0.2) is 24.3 Å². The largest absolute Gasteiger partial charge is 0.366 e. The van der Waals surface area contributed by atoms with Crippen molar-refractivity contribution in [3.8, 4) is 0 Å². The van der Waals surface area contributed by atoms with Crippen LogP contribution in [-0.4, -0.2) is 31.4 Å². The highest BCUT2D eigenvalue weighted by atomic mass is 16.2. The molecule has 0 aromatic heterocycles. The van der Waals surface area contributed by atoms with Crippen molar-refractivity contribution >= 4 is 11.8 Å². The van der Waals surface area contributed by atoms with Gasteiger partial charge in [0.15, 0.2) is 0 Å². The number of primary amides is 1. The molecular formula is C14H19N3O2. The highest BCUT2D eigenvalue weighted by Gasteiger charge is 2.14. The molecule has 102 valence electrons. The molecule has 2 amide bonds. The van der Waals surface area contributed by atoms with Crippen LogP contribution in [0.5, 0.6) is 0 Å². The molecule has 1 heterocycles. The zero-order valence-electron chi connectivity index (χ0n) is 10.8. The van der Waals surface area contributed by atoms with Crippen molar-refractivity contribution in [1.82, 2.24) is 10.6 Å². The van der Waals surface area contributed by atoms with Gasteiger partial charge in [-0.3, -0.25) is 9.59 Å². The maximum absolute atomic E-state index is 12.0. The molecule has 19 heavy (non-hydrogen) atoms. The number of amides is 2. The second kappa shape index (κ2) is 6.33. The average Bonchev–Trinajstić information content (AvgIpc) is 2.46. The van der Waals surface area contributed by atoms with E-state index in [0.29, 0.717) is 23.6 Å². The van der Waals surface area contributed by atoms with Crippen LogP contribution < -0.4 is 16.4 Å². The Kier molecular flexibility index (Phi) is 4.52. The first-order valence-corrected chi connectivity index (χ1v) is 6.55. The fourth-order valence-electron chi connectivity index (χ4n) is 2.25. The van der Waals surface area contributed by atoms with Crippen molar-refractivity contribution in [1.29, 1.82) is 0 Å². The molecule has 5 heteroatoms. The van der Waals surface area contributed by atoms with Crippen LogP contribution in [0.2, 0.25) is 0 Å². The van der Waals surface area contributed by atoms with Crippen LogP contribution in [-0.2, 0) is 0 Å². The number of piperidine rings is 1. The average molecular weight is 261 g/mol. The topological polar surface area (TPSA) is 84.2 Å². The second-order valence-corrected chi connectivity index (χ2v) is 4.87. The lowest BCUT2D eigenvalue weighted by Gasteiger charge is -2.22. The van der Waals surface area contributed by atoms with E-state index in [-0.39, 0.29) is 5.91 Å². The number of carbonyl (C=O) groups is 2. The van der Waals surface area contributed by atoms with E-state index in [9.17, 15) is 9.59 Å². The fourth-order valence-corrected chi connectivity index (χ4v) is 2.25. The molecule has 0 saturated carbocycles. The van der Waals surface area contributed by atoms with E-state index in [0.717, 1.165) is 25.9 Å². The Morgan fingerprint density at radius 2 is 2.16 bits per heavy atom. The molecule has 1 aromatic carbocycles. The number of benzene rings is 1. The van der Waals surface area contributed by atoms with Gasteiger partial charge in [-0.1, -0.05) is 6.07 Å². The third kappa shape index (κ3) is 3.79. The third-order valence-electron chi connectivity index (χ3n) is 3.36. The van der Waals surface area contributed by atoms with Crippen molar-refractivity contribution in [2.45, 2.75) is 12.8 Å². The Hall–Kier alpha value is -1.88. The first-order chi connectivity index (χ1) is 9.16. The second-order valence-electron chi connectivity index (χ2n) is 4.87. The van der Waals surface area contributed by atoms with Crippen molar-refractivity contribution in [3.63, 3.8) is 0 Å². The van der Waals surface area contributed by atoms with E-state index in [1.807, 2.05) is 0 Å². The molecule has 5 nitrogen and oxygen atoms in total. The van der Waals surface area contributed by atoms with Gasteiger partial charge in [0.1, 0.15) is 0 Å². The van der Waals surface area contributed by atoms with Gasteiger partial charge in [0.25, 0.3) is 5.91 Å². The number of hydrogen-bond acceptors (Lipinski definition) is 3. The molecule has 0 bridgehead atoms. The van der Waals surface area contributed by atoms with Gasteiger partial charge in [0.05, 0.1) is 0 Å². The summed E-state index contributed by atoms with van der Waals surface area (Å²) in [5.74, 6) is -0.197. The van der Waals surface area contributed by atoms with Gasteiger partial charge >= 0.3 is 0 Å². The first kappa shape index (κ1) is 13.5. The monoisotopic (exact) mass is 261 g/mol. The molecule has 1 aliphatic heterocycles. The smallest absolute Gasteiger partial charge is 0.251 e. The van der Waals surface area contributed by atoms with Gasteiger partial charge in [-0.2, -0.15) is 0 Å². The highest BCUT2D eigenvalue weighted by molar-refractivity contribution is 5.99. The lowest BCUT2D eigenvalue weighted by molar-refractivity contribution is 0.0945. The van der Waals surface area contributed by atoms with Crippen LogP contribution in [0.25, 0.3) is 0 Å². The number of nitrogens with two attached hydrogens (primary N) is 1. The van der Waals surface area contributed by atoms with Gasteiger partial charge in [0, 0.05) is 17.7 Å². The first-order valence-electron chi connectivity index (χ1n) is 6.55. The maximum atomic E-state index is 12.0. The standard InChI is InChI=1S/C14H19N3O2/c15-13(18)11-4-1-5-12(7-11)14(19)17-9-10-3-2-6-16-8-10/h1,4-5,7,10,16H,2-3,6,8-9H2,(H2,15,18)(H,17,19). The zero-order chi connectivity index (χ0) is 13.7. The van der Waals surface area contributed by atoms with E-state index in [1.165, 1.54) is 6.07 Å². The predicted molar refractivity (Wildman–Crippen MR) is 72.9 cm³/mol. The van der Waals surface area contributed by atoms with Crippen LogP contribution >= 0.6 is 0 Å². The SMILES string of the molecule is NC(=O)c1cccc(C(=O)NCC2CCCNC2)c1. The number of rotatable bonds is 4. The van der Waals surface area contributed by atoms with Gasteiger partial charge in [-0.05, 0) is 50.0 Å². The van der Waals surface area contributed by atoms with E-state index >= 15 is 0 Å². The van der Waals surface area contributed by atoms with E-state index in [4.69, 9.17) is 5.73 Å². The quantitative estimate of drug-likeness (QED) is 0.738. The van der Waals surface area contributed by atoms with E-state index < -0.39 is 5.91 Å². The normalized spacial score (nSPS) is 18.8. The maximum Gasteiger partial charge on any atom is 0.251 e. The molecule has 2 rings (SSSR count). The summed E-state index contributed by atoms with van der Waals surface area (Å²) in [6.07, 6.45) is 2.28. The zero-order valence-corrected chi connectivity index (χ0v) is 10.8. The lowest BCUT2D eigenvalue weighted by Crippen LogP contribution is -2.38. The van der Waals surface area contributed by atoms with Gasteiger partial charge < -0.3 is 16.4 Å². The molecule has 0 aliphatic carbocycles. The number of carbonyl (C=O) groups excluding carboxylic acids is 2. The molecular weight excluding hydrogens is 242 g/mol. The minimum absolute atomic E-state index is 0.159. The summed E-state index contributed by atoms with van der Waals surface area (Å²) >= 11 is 0. The number of hydrogen-bond donors (Lipinski definition) is 3. The van der Waals surface area contributed by atoms with Crippen LogP contribution in [0, 0.1) is 5.92 Å². The summed E-state index contributed by atoms with van der Waals surface area (Å²) in [6.45, 7) is 2.67. The van der Waals surface area contributed by atoms with Crippen molar-refractivity contribution in [2.24, 2.45) is 11.7 Å². The van der Waals surface area contributed by atoms with Gasteiger partial charge in [-0.15, -0.1) is 0 Å². The fraction of sp³-hybridized carbons (Fsp3) is 0.429. The Labute approximate surface area is 112 Å². The minimum Gasteiger partial charge on any atom is -0.366 e. The lowest BCUT2D eigenvalue weighted by atomic mass is 9.99. The minimum atomic E-state index is -0.522. The number of nitrogens with one attached hydrogen (secondary N) is 2. The van der Waals surface area contributed by atoms with E-state index in [2.05, 4.69) is 10.6 Å². The summed E-state index contributed by atoms with van der Waals surface area (Å²) in [7, 11) is 0.